The maximum Gasteiger partial charge on any atom is 0.130 e. The minimum Gasteiger partial charge on any atom is -0.381 e. The molecule has 1 aromatic carbocycles. The van der Waals surface area contributed by atoms with E-state index in [1.54, 1.807) is 0 Å². The molecule has 1 aromatic rings. The molecular weight excluding hydrogens is 262 g/mol. The van der Waals surface area contributed by atoms with Crippen LogP contribution in [0.25, 0.3) is 0 Å². The van der Waals surface area contributed by atoms with Crippen LogP contribution in [0.1, 0.15) is 24.8 Å². The van der Waals surface area contributed by atoms with Gasteiger partial charge in [0.2, 0.25) is 0 Å². The highest BCUT2D eigenvalue weighted by molar-refractivity contribution is 5.18. The van der Waals surface area contributed by atoms with Gasteiger partial charge in [0.15, 0.2) is 0 Å². The van der Waals surface area contributed by atoms with Crippen molar-refractivity contribution < 1.29 is 13.5 Å². The second-order valence-corrected chi connectivity index (χ2v) is 4.96. The Morgan fingerprint density at radius 2 is 2.05 bits per heavy atom. The molecule has 20 heavy (non-hydrogen) atoms. The van der Waals surface area contributed by atoms with Crippen molar-refractivity contribution in [2.45, 2.75) is 31.8 Å². The van der Waals surface area contributed by atoms with Crippen LogP contribution in [-0.4, -0.2) is 30.7 Å². The lowest BCUT2D eigenvalue weighted by molar-refractivity contribution is 0.0314. The van der Waals surface area contributed by atoms with Gasteiger partial charge in [0.25, 0.3) is 0 Å². The van der Waals surface area contributed by atoms with E-state index in [9.17, 15) is 8.78 Å². The first kappa shape index (κ1) is 14.9. The van der Waals surface area contributed by atoms with Gasteiger partial charge in [-0.15, -0.1) is 0 Å². The summed E-state index contributed by atoms with van der Waals surface area (Å²) >= 11 is 0. The first-order valence-corrected chi connectivity index (χ1v) is 6.83. The van der Waals surface area contributed by atoms with Crippen molar-refractivity contribution in [1.82, 2.24) is 4.90 Å². The molecule has 1 aliphatic heterocycles. The number of nitriles is 1. The largest absolute Gasteiger partial charge is 0.381 e. The lowest BCUT2D eigenvalue weighted by Gasteiger charge is -2.34. The van der Waals surface area contributed by atoms with Gasteiger partial charge in [-0.2, -0.15) is 5.26 Å². The monoisotopic (exact) mass is 280 g/mol. The summed E-state index contributed by atoms with van der Waals surface area (Å²) in [4.78, 5) is 2.10. The highest BCUT2D eigenvalue weighted by Gasteiger charge is 2.22. The number of benzene rings is 1. The third-order valence-electron chi connectivity index (χ3n) is 3.61. The molecule has 0 amide bonds. The molecule has 0 aromatic heterocycles. The summed E-state index contributed by atoms with van der Waals surface area (Å²) < 4.78 is 32.0. The summed E-state index contributed by atoms with van der Waals surface area (Å²) in [6, 6.07) is 6.06. The van der Waals surface area contributed by atoms with Crippen LogP contribution >= 0.6 is 0 Å². The molecule has 1 heterocycles. The molecule has 0 N–H and O–H groups in total. The van der Waals surface area contributed by atoms with Crippen molar-refractivity contribution in [3.8, 4) is 6.07 Å². The van der Waals surface area contributed by atoms with Gasteiger partial charge in [0.05, 0.1) is 6.07 Å². The van der Waals surface area contributed by atoms with Crippen LogP contribution in [-0.2, 0) is 11.3 Å². The van der Waals surface area contributed by atoms with Crippen LogP contribution in [0.3, 0.4) is 0 Å². The van der Waals surface area contributed by atoms with Crippen molar-refractivity contribution >= 4 is 0 Å². The normalized spacial score (nSPS) is 16.3. The highest BCUT2D eigenvalue weighted by Crippen LogP contribution is 2.19. The molecule has 108 valence electrons. The molecule has 0 saturated carbocycles. The summed E-state index contributed by atoms with van der Waals surface area (Å²) in [5.74, 6) is -1.10. The first-order chi connectivity index (χ1) is 9.70. The van der Waals surface area contributed by atoms with Gasteiger partial charge in [0, 0.05) is 50.4 Å². The Hall–Kier alpha value is -1.51. The predicted molar refractivity (Wildman–Crippen MR) is 70.8 cm³/mol. The molecule has 0 aliphatic carbocycles. The summed E-state index contributed by atoms with van der Waals surface area (Å²) in [6.07, 6.45) is 2.17. The second kappa shape index (κ2) is 7.32. The number of nitrogens with zero attached hydrogens (tertiary/aromatic N) is 2. The number of rotatable bonds is 5. The Balaban J connectivity index is 2.07. The van der Waals surface area contributed by atoms with Crippen LogP contribution in [0.5, 0.6) is 0 Å². The summed E-state index contributed by atoms with van der Waals surface area (Å²) in [7, 11) is 0. The quantitative estimate of drug-likeness (QED) is 0.832. The van der Waals surface area contributed by atoms with Crippen LogP contribution in [0.2, 0.25) is 0 Å². The van der Waals surface area contributed by atoms with Crippen LogP contribution in [0, 0.1) is 23.0 Å². The molecule has 1 fully saturated rings. The molecule has 0 atom stereocenters. The molecule has 0 radical (unpaired) electrons. The number of halogens is 2. The topological polar surface area (TPSA) is 36.3 Å². The number of hydrogen-bond donors (Lipinski definition) is 0. The minimum absolute atomic E-state index is 0.293. The Bertz CT molecular complexity index is 481. The Kier molecular flexibility index (Phi) is 5.45. The molecule has 0 bridgehead atoms. The maximum absolute atomic E-state index is 13.7. The molecular formula is C15H18F2N2O. The fourth-order valence-corrected chi connectivity index (χ4v) is 2.50. The summed E-state index contributed by atoms with van der Waals surface area (Å²) in [5, 5.41) is 8.75. The maximum atomic E-state index is 13.7. The van der Waals surface area contributed by atoms with Gasteiger partial charge < -0.3 is 4.74 Å². The van der Waals surface area contributed by atoms with E-state index in [1.807, 2.05) is 0 Å². The Labute approximate surface area is 117 Å². The second-order valence-electron chi connectivity index (χ2n) is 4.96. The zero-order chi connectivity index (χ0) is 14.4. The van der Waals surface area contributed by atoms with E-state index in [1.165, 1.54) is 12.1 Å². The third kappa shape index (κ3) is 3.99. The molecule has 0 spiro atoms. The third-order valence-corrected chi connectivity index (χ3v) is 3.61. The van der Waals surface area contributed by atoms with Gasteiger partial charge in [-0.25, -0.2) is 8.78 Å². The average Bonchev–Trinajstić information content (AvgIpc) is 2.46. The van der Waals surface area contributed by atoms with Gasteiger partial charge >= 0.3 is 0 Å². The summed E-state index contributed by atoms with van der Waals surface area (Å²) in [5.41, 5.74) is 0.468. The molecule has 1 saturated heterocycles. The van der Waals surface area contributed by atoms with E-state index < -0.39 is 11.6 Å². The van der Waals surface area contributed by atoms with Crippen LogP contribution in [0.4, 0.5) is 8.78 Å². The molecule has 0 unspecified atom stereocenters. The van der Waals surface area contributed by atoms with Crippen molar-refractivity contribution in [3.05, 3.63) is 35.4 Å². The molecule has 5 heteroatoms. The van der Waals surface area contributed by atoms with Gasteiger partial charge in [-0.05, 0) is 18.9 Å². The lowest BCUT2D eigenvalue weighted by atomic mass is 10.1. The van der Waals surface area contributed by atoms with Crippen molar-refractivity contribution in [2.24, 2.45) is 0 Å². The van der Waals surface area contributed by atoms with E-state index in [4.69, 9.17) is 10.00 Å². The lowest BCUT2D eigenvalue weighted by Crippen LogP contribution is -2.39. The predicted octanol–water partition coefficient (Wildman–Crippen LogP) is 2.86. The summed E-state index contributed by atoms with van der Waals surface area (Å²) in [6.45, 7) is 2.38. The molecule has 2 rings (SSSR count). The Morgan fingerprint density at radius 1 is 1.30 bits per heavy atom. The molecule has 1 aliphatic rings. The van der Waals surface area contributed by atoms with Crippen molar-refractivity contribution in [3.63, 3.8) is 0 Å². The minimum atomic E-state index is -0.569. The first-order valence-electron chi connectivity index (χ1n) is 6.83. The fraction of sp³-hybridized carbons (Fsp3) is 0.533. The van der Waals surface area contributed by atoms with Gasteiger partial charge in [0.1, 0.15) is 11.6 Å². The van der Waals surface area contributed by atoms with E-state index in [0.29, 0.717) is 44.3 Å². The number of ether oxygens (including phenoxy) is 1. The van der Waals surface area contributed by atoms with E-state index in [-0.39, 0.29) is 0 Å². The van der Waals surface area contributed by atoms with Crippen LogP contribution < -0.4 is 0 Å². The van der Waals surface area contributed by atoms with E-state index in [2.05, 4.69) is 11.0 Å². The van der Waals surface area contributed by atoms with Crippen LogP contribution in [0.15, 0.2) is 18.2 Å². The zero-order valence-electron chi connectivity index (χ0n) is 11.3. The highest BCUT2D eigenvalue weighted by atomic mass is 19.1. The Morgan fingerprint density at radius 3 is 2.70 bits per heavy atom. The SMILES string of the molecule is N#CCCN(Cc1ccc(F)cc1F)C1CCOCC1. The fourth-order valence-electron chi connectivity index (χ4n) is 2.50. The van der Waals surface area contributed by atoms with Gasteiger partial charge in [-0.1, -0.05) is 6.07 Å². The van der Waals surface area contributed by atoms with Crippen molar-refractivity contribution in [1.29, 1.82) is 5.26 Å². The van der Waals surface area contributed by atoms with Gasteiger partial charge in [-0.3, -0.25) is 4.90 Å². The van der Waals surface area contributed by atoms with Crippen molar-refractivity contribution in [2.75, 3.05) is 19.8 Å². The number of hydrogen-bond acceptors (Lipinski definition) is 3. The smallest absolute Gasteiger partial charge is 0.130 e. The molecule has 3 nitrogen and oxygen atoms in total. The van der Waals surface area contributed by atoms with E-state index >= 15 is 0 Å². The average molecular weight is 280 g/mol. The van der Waals surface area contributed by atoms with E-state index in [0.717, 1.165) is 18.9 Å². The zero-order valence-corrected chi connectivity index (χ0v) is 11.3. The standard InChI is InChI=1S/C15H18F2N2O/c16-13-3-2-12(15(17)10-13)11-19(7-1-6-18)14-4-8-20-9-5-14/h2-3,10,14H,1,4-5,7-9,11H2.